The van der Waals surface area contributed by atoms with Gasteiger partial charge < -0.3 is 9.72 Å². The second-order valence-corrected chi connectivity index (χ2v) is 4.67. The minimum Gasteiger partial charge on any atom is -0.494 e. The summed E-state index contributed by atoms with van der Waals surface area (Å²) < 4.78 is 44.9. The monoisotopic (exact) mass is 308 g/mol. The Morgan fingerprint density at radius 3 is 2.55 bits per heavy atom. The van der Waals surface area contributed by atoms with Crippen molar-refractivity contribution in [1.29, 1.82) is 0 Å². The lowest BCUT2D eigenvalue weighted by molar-refractivity contribution is -0.137. The van der Waals surface area contributed by atoms with Crippen molar-refractivity contribution < 1.29 is 17.9 Å². The average Bonchev–Trinajstić information content (AvgIpc) is 2.82. The molecule has 1 heterocycles. The quantitative estimate of drug-likeness (QED) is 0.789. The topological polar surface area (TPSA) is 47.0 Å². The molecule has 3 aromatic rings. The Hall–Kier alpha value is -2.70. The van der Waals surface area contributed by atoms with Gasteiger partial charge in [-0.25, -0.2) is 4.79 Å². The fraction of sp³-hybridized carbons (Fsp3) is 0.133. The van der Waals surface area contributed by atoms with Crippen LogP contribution in [0.25, 0.3) is 16.7 Å². The van der Waals surface area contributed by atoms with Crippen LogP contribution in [0.15, 0.2) is 47.3 Å². The third-order valence-corrected chi connectivity index (χ3v) is 3.32. The number of para-hydroxylation sites is 1. The van der Waals surface area contributed by atoms with E-state index in [1.165, 1.54) is 23.8 Å². The predicted molar refractivity (Wildman–Crippen MR) is 75.4 cm³/mol. The number of nitrogens with one attached hydrogen (secondary N) is 1. The largest absolute Gasteiger partial charge is 0.494 e. The van der Waals surface area contributed by atoms with Gasteiger partial charge in [-0.3, -0.25) is 4.57 Å². The Balaban J connectivity index is 2.31. The summed E-state index contributed by atoms with van der Waals surface area (Å²) in [6, 6.07) is 9.58. The number of rotatable bonds is 2. The molecule has 0 aliphatic heterocycles. The zero-order chi connectivity index (χ0) is 15.9. The van der Waals surface area contributed by atoms with Crippen LogP contribution in [-0.2, 0) is 6.18 Å². The van der Waals surface area contributed by atoms with Crippen LogP contribution >= 0.6 is 0 Å². The molecule has 3 rings (SSSR count). The van der Waals surface area contributed by atoms with E-state index in [4.69, 9.17) is 4.74 Å². The molecular formula is C15H11F3N2O2. The summed E-state index contributed by atoms with van der Waals surface area (Å²) >= 11 is 0. The van der Waals surface area contributed by atoms with Crippen molar-refractivity contribution >= 4 is 11.0 Å². The van der Waals surface area contributed by atoms with Crippen LogP contribution in [-0.4, -0.2) is 16.7 Å². The van der Waals surface area contributed by atoms with Gasteiger partial charge in [0.05, 0.1) is 23.9 Å². The minimum absolute atomic E-state index is 0.121. The third-order valence-electron chi connectivity index (χ3n) is 3.32. The Labute approximate surface area is 122 Å². The van der Waals surface area contributed by atoms with Crippen LogP contribution in [0.4, 0.5) is 13.2 Å². The lowest BCUT2D eigenvalue weighted by Crippen LogP contribution is -2.16. The molecule has 0 aliphatic rings. The van der Waals surface area contributed by atoms with E-state index in [-0.39, 0.29) is 5.69 Å². The molecule has 2 aromatic carbocycles. The summed E-state index contributed by atoms with van der Waals surface area (Å²) in [5.74, 6) is 0.397. The number of aromatic amines is 1. The molecule has 0 atom stereocenters. The first-order chi connectivity index (χ1) is 10.4. The minimum atomic E-state index is -4.48. The summed E-state index contributed by atoms with van der Waals surface area (Å²) in [5.41, 5.74) is -0.341. The van der Waals surface area contributed by atoms with Gasteiger partial charge >= 0.3 is 11.9 Å². The van der Waals surface area contributed by atoms with Crippen molar-refractivity contribution in [3.05, 3.63) is 58.5 Å². The first kappa shape index (κ1) is 14.2. The molecule has 0 saturated carbocycles. The van der Waals surface area contributed by atoms with E-state index in [0.29, 0.717) is 16.8 Å². The van der Waals surface area contributed by atoms with E-state index >= 15 is 0 Å². The highest BCUT2D eigenvalue weighted by Gasteiger charge is 2.30. The van der Waals surface area contributed by atoms with Crippen LogP contribution < -0.4 is 10.4 Å². The molecule has 0 fully saturated rings. The standard InChI is InChI=1S/C15H11F3N2O2/c1-22-12-7-3-6-11-13(12)20(14(21)19-11)10-5-2-4-9(8-10)15(16,17)18/h2-8H,1H3,(H,19,21). The van der Waals surface area contributed by atoms with E-state index < -0.39 is 17.4 Å². The van der Waals surface area contributed by atoms with E-state index in [9.17, 15) is 18.0 Å². The molecular weight excluding hydrogens is 297 g/mol. The summed E-state index contributed by atoms with van der Waals surface area (Å²) in [4.78, 5) is 14.7. The highest BCUT2D eigenvalue weighted by Crippen LogP contribution is 2.31. The Morgan fingerprint density at radius 1 is 1.14 bits per heavy atom. The molecule has 0 amide bonds. The smallest absolute Gasteiger partial charge is 0.416 e. The third kappa shape index (κ3) is 2.24. The second kappa shape index (κ2) is 4.94. The summed E-state index contributed by atoms with van der Waals surface area (Å²) in [6.45, 7) is 0. The molecule has 4 nitrogen and oxygen atoms in total. The number of methoxy groups -OCH3 is 1. The molecule has 22 heavy (non-hydrogen) atoms. The number of nitrogens with zero attached hydrogens (tertiary/aromatic N) is 1. The maximum atomic E-state index is 12.8. The Kier molecular flexibility index (Phi) is 3.20. The number of H-pyrrole nitrogens is 1. The van der Waals surface area contributed by atoms with Gasteiger partial charge in [-0.15, -0.1) is 0 Å². The first-order valence-corrected chi connectivity index (χ1v) is 6.37. The highest BCUT2D eigenvalue weighted by molar-refractivity contribution is 5.83. The number of halogens is 3. The van der Waals surface area contributed by atoms with Crippen molar-refractivity contribution in [2.24, 2.45) is 0 Å². The SMILES string of the molecule is COc1cccc2[nH]c(=O)n(-c3cccc(C(F)(F)F)c3)c12. The number of benzene rings is 2. The zero-order valence-electron chi connectivity index (χ0n) is 11.4. The molecule has 114 valence electrons. The number of ether oxygens (including phenoxy) is 1. The normalized spacial score (nSPS) is 11.8. The molecule has 0 unspecified atom stereocenters. The number of aromatic nitrogens is 2. The van der Waals surface area contributed by atoms with Crippen LogP contribution in [0.3, 0.4) is 0 Å². The predicted octanol–water partition coefficient (Wildman–Crippen LogP) is 3.35. The fourth-order valence-electron chi connectivity index (χ4n) is 2.36. The average molecular weight is 308 g/mol. The van der Waals surface area contributed by atoms with Crippen LogP contribution in [0.2, 0.25) is 0 Å². The van der Waals surface area contributed by atoms with Crippen molar-refractivity contribution in [2.45, 2.75) is 6.18 Å². The van der Waals surface area contributed by atoms with E-state index in [1.54, 1.807) is 18.2 Å². The van der Waals surface area contributed by atoms with Crippen LogP contribution in [0.5, 0.6) is 5.75 Å². The van der Waals surface area contributed by atoms with Gasteiger partial charge in [0.2, 0.25) is 0 Å². The number of imidazole rings is 1. The number of alkyl halides is 3. The maximum Gasteiger partial charge on any atom is 0.416 e. The number of fused-ring (bicyclic) bond motifs is 1. The van der Waals surface area contributed by atoms with Gasteiger partial charge in [0.15, 0.2) is 0 Å². The molecule has 0 bridgehead atoms. The van der Waals surface area contributed by atoms with E-state index in [1.807, 2.05) is 0 Å². The summed E-state index contributed by atoms with van der Waals surface area (Å²) in [6.07, 6.45) is -4.48. The Morgan fingerprint density at radius 2 is 1.86 bits per heavy atom. The summed E-state index contributed by atoms with van der Waals surface area (Å²) in [7, 11) is 1.43. The number of hydrogen-bond acceptors (Lipinski definition) is 2. The van der Waals surface area contributed by atoms with Crippen molar-refractivity contribution in [1.82, 2.24) is 9.55 Å². The first-order valence-electron chi connectivity index (χ1n) is 6.37. The molecule has 0 aliphatic carbocycles. The molecule has 0 spiro atoms. The fourth-order valence-corrected chi connectivity index (χ4v) is 2.36. The Bertz CT molecular complexity index is 894. The lowest BCUT2D eigenvalue weighted by Gasteiger charge is -2.10. The maximum absolute atomic E-state index is 12.8. The van der Waals surface area contributed by atoms with Crippen molar-refractivity contribution in [2.75, 3.05) is 7.11 Å². The van der Waals surface area contributed by atoms with Gasteiger partial charge in [0, 0.05) is 0 Å². The summed E-state index contributed by atoms with van der Waals surface area (Å²) in [5, 5.41) is 0. The molecule has 0 saturated heterocycles. The highest BCUT2D eigenvalue weighted by atomic mass is 19.4. The molecule has 1 aromatic heterocycles. The molecule has 1 N–H and O–H groups in total. The van der Waals surface area contributed by atoms with E-state index in [0.717, 1.165) is 12.1 Å². The van der Waals surface area contributed by atoms with Crippen LogP contribution in [0, 0.1) is 0 Å². The van der Waals surface area contributed by atoms with Gasteiger partial charge in [0.25, 0.3) is 0 Å². The van der Waals surface area contributed by atoms with Crippen molar-refractivity contribution in [3.8, 4) is 11.4 Å². The van der Waals surface area contributed by atoms with Gasteiger partial charge in [-0.1, -0.05) is 12.1 Å². The molecule has 0 radical (unpaired) electrons. The van der Waals surface area contributed by atoms with E-state index in [2.05, 4.69) is 4.98 Å². The van der Waals surface area contributed by atoms with Crippen LogP contribution in [0.1, 0.15) is 5.56 Å². The van der Waals surface area contributed by atoms with Gasteiger partial charge in [0.1, 0.15) is 11.3 Å². The van der Waals surface area contributed by atoms with Crippen molar-refractivity contribution in [3.63, 3.8) is 0 Å². The zero-order valence-corrected chi connectivity index (χ0v) is 11.4. The second-order valence-electron chi connectivity index (χ2n) is 4.67. The lowest BCUT2D eigenvalue weighted by atomic mass is 10.2. The van der Waals surface area contributed by atoms with Gasteiger partial charge in [-0.05, 0) is 30.3 Å². The number of hydrogen-bond donors (Lipinski definition) is 1. The van der Waals surface area contributed by atoms with Gasteiger partial charge in [-0.2, -0.15) is 13.2 Å². The molecule has 7 heteroatoms.